The molecule has 0 nitrogen and oxygen atoms in total. The van der Waals surface area contributed by atoms with E-state index in [-0.39, 0.29) is 0 Å². The van der Waals surface area contributed by atoms with Crippen LogP contribution >= 0.6 is 0 Å². The van der Waals surface area contributed by atoms with Crippen LogP contribution in [0.5, 0.6) is 0 Å². The van der Waals surface area contributed by atoms with E-state index in [2.05, 4.69) is 0 Å². The van der Waals surface area contributed by atoms with Crippen LogP contribution in [0.25, 0.3) is 0 Å². The van der Waals surface area contributed by atoms with Gasteiger partial charge in [-0.05, 0) is 0 Å². The van der Waals surface area contributed by atoms with E-state index < -0.39 is 58.5 Å². The summed E-state index contributed by atoms with van der Waals surface area (Å²) in [5, 5.41) is 0. The summed E-state index contributed by atoms with van der Waals surface area (Å²) in [5.41, 5.74) is -5.69. The summed E-state index contributed by atoms with van der Waals surface area (Å²) >= 11 is 0. The summed E-state index contributed by atoms with van der Waals surface area (Å²) in [4.78, 5) is 0. The van der Waals surface area contributed by atoms with E-state index in [1.54, 1.807) is 0 Å². The second-order valence-electron chi connectivity index (χ2n) is 4.43. The Labute approximate surface area is 117 Å². The topological polar surface area (TPSA) is 0 Å². The molecule has 0 saturated heterocycles. The van der Waals surface area contributed by atoms with E-state index >= 15 is 0 Å². The van der Waals surface area contributed by atoms with Crippen molar-refractivity contribution in [2.75, 3.05) is 0 Å². The summed E-state index contributed by atoms with van der Waals surface area (Å²) in [6, 6.07) is 0. The molecular formula is C8H7F13Si. The highest BCUT2D eigenvalue weighted by Gasteiger charge is 2.84. The van der Waals surface area contributed by atoms with E-state index in [0.717, 1.165) is 0 Å². The fourth-order valence-electron chi connectivity index (χ4n) is 1.16. The number of hydrogen-bond acceptors (Lipinski definition) is 0. The Bertz CT molecular complexity index is 390. The predicted molar refractivity (Wildman–Crippen MR) is 50.0 cm³/mol. The quantitative estimate of drug-likeness (QED) is 0.487. The first-order valence-corrected chi connectivity index (χ1v) is 6.16. The molecule has 0 radical (unpaired) electrons. The standard InChI is InChI=1S/C8H7F13Si/c9-3(10,1-2-4(11,12)13)5(14,15)6(16,17)7(18,19)8(20,21)22/h1-2H2,22H3. The fourth-order valence-corrected chi connectivity index (χ4v) is 1.47. The highest BCUT2D eigenvalue weighted by atomic mass is 28.1. The molecule has 0 spiro atoms. The van der Waals surface area contributed by atoms with Crippen molar-refractivity contribution in [3.8, 4) is 0 Å². The molecule has 0 N–H and O–H groups in total. The second-order valence-corrected chi connectivity index (χ2v) is 5.69. The Hall–Kier alpha value is -0.693. The molecule has 0 saturated carbocycles. The maximum atomic E-state index is 12.9. The predicted octanol–water partition coefficient (Wildman–Crippen LogP) is 3.83. The molecule has 14 heteroatoms. The van der Waals surface area contributed by atoms with Crippen molar-refractivity contribution in [2.45, 2.75) is 48.3 Å². The number of rotatable bonds is 6. The first-order chi connectivity index (χ1) is 9.21. The zero-order chi connectivity index (χ0) is 18.4. The number of halogens is 13. The maximum Gasteiger partial charge on any atom is 0.389 e. The molecule has 0 fully saturated rings. The van der Waals surface area contributed by atoms with Gasteiger partial charge in [0.15, 0.2) is 0 Å². The van der Waals surface area contributed by atoms with Gasteiger partial charge in [0, 0.05) is 12.8 Å². The highest BCUT2D eigenvalue weighted by molar-refractivity contribution is 6.14. The van der Waals surface area contributed by atoms with E-state index in [0.29, 0.717) is 0 Å². The van der Waals surface area contributed by atoms with Gasteiger partial charge >= 0.3 is 29.9 Å². The lowest BCUT2D eigenvalue weighted by Gasteiger charge is -2.38. The Morgan fingerprint density at radius 1 is 0.500 bits per heavy atom. The average Bonchev–Trinajstić information content (AvgIpc) is 2.23. The Morgan fingerprint density at radius 2 is 0.864 bits per heavy atom. The monoisotopic (exact) mass is 378 g/mol. The van der Waals surface area contributed by atoms with Crippen molar-refractivity contribution in [1.29, 1.82) is 0 Å². The molecule has 0 unspecified atom stereocenters. The van der Waals surface area contributed by atoms with E-state index in [9.17, 15) is 57.1 Å². The molecule has 0 atom stereocenters. The van der Waals surface area contributed by atoms with Crippen LogP contribution in [0, 0.1) is 0 Å². The highest BCUT2D eigenvalue weighted by Crippen LogP contribution is 2.57. The van der Waals surface area contributed by atoms with E-state index in [1.807, 2.05) is 0 Å². The van der Waals surface area contributed by atoms with Crippen molar-refractivity contribution in [2.24, 2.45) is 0 Å². The largest absolute Gasteiger partial charge is 0.389 e. The Balaban J connectivity index is 5.69. The first kappa shape index (κ1) is 21.3. The lowest BCUT2D eigenvalue weighted by molar-refractivity contribution is -0.391. The van der Waals surface area contributed by atoms with Gasteiger partial charge in [0.1, 0.15) is 0 Å². The summed E-state index contributed by atoms with van der Waals surface area (Å²) in [6.45, 7) is 0. The molecule has 0 aliphatic heterocycles. The molecule has 0 rings (SSSR count). The van der Waals surface area contributed by atoms with Crippen LogP contribution in [-0.4, -0.2) is 45.7 Å². The van der Waals surface area contributed by atoms with Gasteiger partial charge in [-0.1, -0.05) is 0 Å². The molecular weight excluding hydrogens is 371 g/mol. The Morgan fingerprint density at radius 3 is 1.14 bits per heavy atom. The molecule has 0 heterocycles. The van der Waals surface area contributed by atoms with Gasteiger partial charge in [-0.25, -0.2) is 8.78 Å². The fraction of sp³-hybridized carbons (Fsp3) is 1.00. The van der Waals surface area contributed by atoms with Gasteiger partial charge in [-0.3, -0.25) is 0 Å². The van der Waals surface area contributed by atoms with Crippen molar-refractivity contribution in [3.63, 3.8) is 0 Å². The molecule has 134 valence electrons. The van der Waals surface area contributed by atoms with Crippen molar-refractivity contribution in [1.82, 2.24) is 0 Å². The van der Waals surface area contributed by atoms with Crippen LogP contribution in [0.3, 0.4) is 0 Å². The van der Waals surface area contributed by atoms with Gasteiger partial charge in [0.05, 0.1) is 10.2 Å². The minimum atomic E-state index is -7.26. The third kappa shape index (κ3) is 3.62. The maximum absolute atomic E-state index is 12.9. The zero-order valence-corrected chi connectivity index (χ0v) is 12.3. The number of alkyl halides is 13. The molecule has 0 aliphatic rings. The molecule has 22 heavy (non-hydrogen) atoms. The van der Waals surface area contributed by atoms with Crippen LogP contribution in [0.2, 0.25) is 0 Å². The minimum absolute atomic E-state index is 2.09. The van der Waals surface area contributed by atoms with E-state index in [1.165, 1.54) is 0 Å². The van der Waals surface area contributed by atoms with Gasteiger partial charge in [0.2, 0.25) is 0 Å². The summed E-state index contributed by atoms with van der Waals surface area (Å²) < 4.78 is 162. The SMILES string of the molecule is FC(F)(F)CCC(F)(F)C(F)(F)C(F)(F)C(F)(F)C(F)(F)[SiH3]. The minimum Gasteiger partial charge on any atom is -0.206 e. The van der Waals surface area contributed by atoms with Crippen LogP contribution in [-0.2, 0) is 0 Å². The van der Waals surface area contributed by atoms with Crippen LogP contribution in [0.15, 0.2) is 0 Å². The summed E-state index contributed by atoms with van der Waals surface area (Å²) in [6.07, 6.45) is -11.1. The smallest absolute Gasteiger partial charge is 0.206 e. The lowest BCUT2D eigenvalue weighted by atomic mass is 9.95. The van der Waals surface area contributed by atoms with Gasteiger partial charge in [-0.2, -0.15) is 48.3 Å². The summed E-state index contributed by atoms with van der Waals surface area (Å²) in [7, 11) is -2.09. The molecule has 0 bridgehead atoms. The normalized spacial score (nSPS) is 16.2. The molecule has 0 aromatic rings. The lowest BCUT2D eigenvalue weighted by Crippen LogP contribution is -2.67. The molecule has 0 aromatic heterocycles. The van der Waals surface area contributed by atoms with Crippen molar-refractivity contribution in [3.05, 3.63) is 0 Å². The second kappa shape index (κ2) is 5.44. The van der Waals surface area contributed by atoms with Gasteiger partial charge in [-0.15, -0.1) is 0 Å². The third-order valence-corrected chi connectivity index (χ3v) is 3.15. The molecule has 0 aliphatic carbocycles. The van der Waals surface area contributed by atoms with Crippen molar-refractivity contribution >= 4 is 10.2 Å². The van der Waals surface area contributed by atoms with Crippen molar-refractivity contribution < 1.29 is 57.1 Å². The van der Waals surface area contributed by atoms with Crippen LogP contribution in [0.1, 0.15) is 12.8 Å². The zero-order valence-electron chi connectivity index (χ0n) is 10.3. The number of hydrogen-bond donors (Lipinski definition) is 0. The third-order valence-electron chi connectivity index (χ3n) is 2.52. The molecule has 0 aromatic carbocycles. The van der Waals surface area contributed by atoms with E-state index in [4.69, 9.17) is 0 Å². The van der Waals surface area contributed by atoms with Crippen LogP contribution < -0.4 is 0 Å². The molecule has 0 amide bonds. The average molecular weight is 378 g/mol. The van der Waals surface area contributed by atoms with Gasteiger partial charge in [0.25, 0.3) is 5.55 Å². The van der Waals surface area contributed by atoms with Crippen LogP contribution in [0.4, 0.5) is 57.1 Å². The summed E-state index contributed by atoms with van der Waals surface area (Å²) in [5.74, 6) is -27.5. The Kier molecular flexibility index (Phi) is 5.27. The van der Waals surface area contributed by atoms with Gasteiger partial charge < -0.3 is 0 Å². The first-order valence-electron chi connectivity index (χ1n) is 5.16.